The van der Waals surface area contributed by atoms with Crippen molar-refractivity contribution >= 4 is 29.0 Å². The lowest BCUT2D eigenvalue weighted by Gasteiger charge is -2.13. The smallest absolute Gasteiger partial charge is 0.196 e. The van der Waals surface area contributed by atoms with E-state index in [0.717, 1.165) is 18.4 Å². The summed E-state index contributed by atoms with van der Waals surface area (Å²) >= 11 is 12.6. The summed E-state index contributed by atoms with van der Waals surface area (Å²) in [4.78, 5) is 12.9. The van der Waals surface area contributed by atoms with Crippen molar-refractivity contribution in [1.29, 1.82) is 0 Å². The molecule has 0 amide bonds. The van der Waals surface area contributed by atoms with Crippen LogP contribution in [-0.4, -0.2) is 19.5 Å². The van der Waals surface area contributed by atoms with Crippen LogP contribution in [0.25, 0.3) is 0 Å². The molecule has 2 aromatic rings. The van der Waals surface area contributed by atoms with Crippen molar-refractivity contribution in [2.45, 2.75) is 26.7 Å². The Morgan fingerprint density at radius 1 is 1.17 bits per heavy atom. The minimum Gasteiger partial charge on any atom is -0.497 e. The van der Waals surface area contributed by atoms with E-state index in [0.29, 0.717) is 28.7 Å². The van der Waals surface area contributed by atoms with Gasteiger partial charge < -0.3 is 9.47 Å². The number of methoxy groups -OCH3 is 1. The molecule has 2 aromatic carbocycles. The molecule has 0 saturated heterocycles. The largest absolute Gasteiger partial charge is 0.497 e. The lowest BCUT2D eigenvalue weighted by Crippen LogP contribution is -2.07. The summed E-state index contributed by atoms with van der Waals surface area (Å²) in [6, 6.07) is 8.59. The number of aryl methyl sites for hydroxylation is 1. The Morgan fingerprint density at radius 3 is 2.54 bits per heavy atom. The molecule has 0 aliphatic heterocycles. The fraction of sp³-hybridized carbons (Fsp3) is 0.316. The Labute approximate surface area is 152 Å². The molecular formula is C19H20Cl2O3. The Bertz CT molecular complexity index is 742. The van der Waals surface area contributed by atoms with Gasteiger partial charge in [0.05, 0.1) is 29.3 Å². The van der Waals surface area contributed by atoms with E-state index in [1.165, 1.54) is 0 Å². The molecular weight excluding hydrogens is 347 g/mol. The zero-order valence-electron chi connectivity index (χ0n) is 14.0. The van der Waals surface area contributed by atoms with Crippen LogP contribution < -0.4 is 9.47 Å². The van der Waals surface area contributed by atoms with Gasteiger partial charge in [0.2, 0.25) is 0 Å². The van der Waals surface area contributed by atoms with Crippen LogP contribution in [0.15, 0.2) is 30.3 Å². The number of carbonyl (C=O) groups excluding carboxylic acids is 1. The molecule has 24 heavy (non-hydrogen) atoms. The van der Waals surface area contributed by atoms with E-state index >= 15 is 0 Å². The number of hydrogen-bond acceptors (Lipinski definition) is 3. The molecule has 3 nitrogen and oxygen atoms in total. The SMILES string of the molecule is CCCCOc1ccc(Cl)c(C(=O)c2ccc(OC)cc2C)c1Cl. The third kappa shape index (κ3) is 4.03. The minimum atomic E-state index is -0.230. The zero-order chi connectivity index (χ0) is 17.7. The maximum atomic E-state index is 12.9. The van der Waals surface area contributed by atoms with E-state index in [4.69, 9.17) is 32.7 Å². The number of rotatable bonds is 7. The molecule has 0 heterocycles. The third-order valence-corrected chi connectivity index (χ3v) is 4.41. The molecule has 0 atom stereocenters. The number of carbonyl (C=O) groups is 1. The van der Waals surface area contributed by atoms with Crippen LogP contribution in [0, 0.1) is 6.92 Å². The van der Waals surface area contributed by atoms with Crippen LogP contribution in [-0.2, 0) is 0 Å². The number of halogens is 2. The standard InChI is InChI=1S/C19H20Cl2O3/c1-4-5-10-24-16-9-8-15(20)17(18(16)21)19(22)14-7-6-13(23-3)11-12(14)2/h6-9,11H,4-5,10H2,1-3H3. The number of benzene rings is 2. The number of ketones is 1. The molecule has 0 radical (unpaired) electrons. The van der Waals surface area contributed by atoms with Gasteiger partial charge >= 0.3 is 0 Å². The van der Waals surface area contributed by atoms with Crippen molar-refractivity contribution in [3.8, 4) is 11.5 Å². The maximum Gasteiger partial charge on any atom is 0.196 e. The number of unbranched alkanes of at least 4 members (excludes halogenated alkanes) is 1. The van der Waals surface area contributed by atoms with Crippen molar-refractivity contribution in [2.24, 2.45) is 0 Å². The van der Waals surface area contributed by atoms with E-state index in [9.17, 15) is 4.79 Å². The highest BCUT2D eigenvalue weighted by molar-refractivity contribution is 6.41. The van der Waals surface area contributed by atoms with Crippen molar-refractivity contribution < 1.29 is 14.3 Å². The second kappa shape index (κ2) is 8.41. The van der Waals surface area contributed by atoms with Crippen LogP contribution in [0.5, 0.6) is 11.5 Å². The average molecular weight is 367 g/mol. The van der Waals surface area contributed by atoms with Gasteiger partial charge in [-0.15, -0.1) is 0 Å². The minimum absolute atomic E-state index is 0.230. The first kappa shape index (κ1) is 18.6. The molecule has 128 valence electrons. The van der Waals surface area contributed by atoms with Gasteiger partial charge in [-0.25, -0.2) is 0 Å². The second-order valence-electron chi connectivity index (χ2n) is 5.45. The predicted octanol–water partition coefficient (Wildman–Crippen LogP) is 5.72. The molecule has 0 fully saturated rings. The van der Waals surface area contributed by atoms with Gasteiger partial charge in [-0.3, -0.25) is 4.79 Å². The quantitative estimate of drug-likeness (QED) is 0.464. The average Bonchev–Trinajstić information content (AvgIpc) is 2.56. The highest BCUT2D eigenvalue weighted by Gasteiger charge is 2.21. The van der Waals surface area contributed by atoms with Gasteiger partial charge in [0, 0.05) is 5.56 Å². The summed E-state index contributed by atoms with van der Waals surface area (Å²) in [6.45, 7) is 4.47. The van der Waals surface area contributed by atoms with Crippen LogP contribution in [0.3, 0.4) is 0 Å². The fourth-order valence-corrected chi connectivity index (χ4v) is 2.93. The van der Waals surface area contributed by atoms with E-state index in [2.05, 4.69) is 6.92 Å². The van der Waals surface area contributed by atoms with Gasteiger partial charge in [0.1, 0.15) is 11.5 Å². The molecule has 0 spiro atoms. The van der Waals surface area contributed by atoms with Gasteiger partial charge in [-0.1, -0.05) is 36.5 Å². The Balaban J connectivity index is 2.40. The predicted molar refractivity (Wildman–Crippen MR) is 98.0 cm³/mol. The van der Waals surface area contributed by atoms with Gasteiger partial charge in [-0.2, -0.15) is 0 Å². The maximum absolute atomic E-state index is 12.9. The number of ether oxygens (including phenoxy) is 2. The summed E-state index contributed by atoms with van der Waals surface area (Å²) in [7, 11) is 1.58. The third-order valence-electron chi connectivity index (χ3n) is 3.72. The Kier molecular flexibility index (Phi) is 6.52. The van der Waals surface area contributed by atoms with E-state index in [1.807, 2.05) is 6.92 Å². The summed E-state index contributed by atoms with van der Waals surface area (Å²) in [5, 5.41) is 0.557. The Morgan fingerprint density at radius 2 is 1.92 bits per heavy atom. The van der Waals surface area contributed by atoms with Gasteiger partial charge in [0.15, 0.2) is 5.78 Å². The van der Waals surface area contributed by atoms with Gasteiger partial charge in [-0.05, 0) is 49.2 Å². The molecule has 0 bridgehead atoms. The normalized spacial score (nSPS) is 10.5. The molecule has 5 heteroatoms. The lowest BCUT2D eigenvalue weighted by molar-refractivity contribution is 0.103. The second-order valence-corrected chi connectivity index (χ2v) is 6.23. The lowest BCUT2D eigenvalue weighted by atomic mass is 9.98. The topological polar surface area (TPSA) is 35.5 Å². The Hall–Kier alpha value is -1.71. The molecule has 0 N–H and O–H groups in total. The van der Waals surface area contributed by atoms with Gasteiger partial charge in [0.25, 0.3) is 0 Å². The molecule has 0 aromatic heterocycles. The van der Waals surface area contributed by atoms with Crippen LogP contribution in [0.4, 0.5) is 0 Å². The highest BCUT2D eigenvalue weighted by atomic mass is 35.5. The molecule has 0 saturated carbocycles. The zero-order valence-corrected chi connectivity index (χ0v) is 15.5. The summed E-state index contributed by atoms with van der Waals surface area (Å²) in [5.74, 6) is 0.938. The van der Waals surface area contributed by atoms with Crippen molar-refractivity contribution in [2.75, 3.05) is 13.7 Å². The van der Waals surface area contributed by atoms with Crippen LogP contribution >= 0.6 is 23.2 Å². The molecule has 0 aliphatic carbocycles. The first-order valence-corrected chi connectivity index (χ1v) is 8.55. The molecule has 0 unspecified atom stereocenters. The first-order valence-electron chi connectivity index (χ1n) is 7.79. The van der Waals surface area contributed by atoms with E-state index in [-0.39, 0.29) is 16.4 Å². The summed E-state index contributed by atoms with van der Waals surface area (Å²) in [6.07, 6.45) is 1.93. The fourth-order valence-electron chi connectivity index (χ4n) is 2.33. The highest BCUT2D eigenvalue weighted by Crippen LogP contribution is 2.35. The van der Waals surface area contributed by atoms with Crippen molar-refractivity contribution in [3.05, 3.63) is 57.1 Å². The summed E-state index contributed by atoms with van der Waals surface area (Å²) in [5.41, 5.74) is 1.59. The van der Waals surface area contributed by atoms with Crippen LogP contribution in [0.1, 0.15) is 41.3 Å². The van der Waals surface area contributed by atoms with Crippen molar-refractivity contribution in [1.82, 2.24) is 0 Å². The monoisotopic (exact) mass is 366 g/mol. The first-order chi connectivity index (χ1) is 11.5. The molecule has 2 rings (SSSR count). The van der Waals surface area contributed by atoms with E-state index in [1.54, 1.807) is 37.4 Å². The van der Waals surface area contributed by atoms with E-state index < -0.39 is 0 Å². The number of hydrogen-bond donors (Lipinski definition) is 0. The molecule has 0 aliphatic rings. The van der Waals surface area contributed by atoms with Crippen LogP contribution in [0.2, 0.25) is 10.0 Å². The summed E-state index contributed by atoms with van der Waals surface area (Å²) < 4.78 is 10.8. The van der Waals surface area contributed by atoms with Crippen molar-refractivity contribution in [3.63, 3.8) is 0 Å².